The summed E-state index contributed by atoms with van der Waals surface area (Å²) in [5.41, 5.74) is 1.14. The van der Waals surface area contributed by atoms with Crippen molar-refractivity contribution in [2.45, 2.75) is 22.6 Å². The van der Waals surface area contributed by atoms with Crippen LogP contribution in [0.3, 0.4) is 0 Å². The molecule has 0 radical (unpaired) electrons. The van der Waals surface area contributed by atoms with Gasteiger partial charge in [-0.3, -0.25) is 9.59 Å². The molecule has 1 unspecified atom stereocenters. The number of benzene rings is 3. The van der Waals surface area contributed by atoms with E-state index in [1.54, 1.807) is 43.0 Å². The Hall–Kier alpha value is -2.85. The Balaban J connectivity index is 1.86. The van der Waals surface area contributed by atoms with Crippen LogP contribution >= 0.6 is 11.8 Å². The first-order valence-corrected chi connectivity index (χ1v) is 9.59. The zero-order chi connectivity index (χ0) is 19.1. The van der Waals surface area contributed by atoms with Gasteiger partial charge < -0.3 is 4.74 Å². The lowest BCUT2D eigenvalue weighted by atomic mass is 9.90. The average molecular weight is 376 g/mol. The van der Waals surface area contributed by atoms with Gasteiger partial charge in [0.05, 0.1) is 6.61 Å². The Labute approximate surface area is 163 Å². The summed E-state index contributed by atoms with van der Waals surface area (Å²) in [6.45, 7) is 1.97. The predicted octanol–water partition coefficient (Wildman–Crippen LogP) is 5.37. The van der Waals surface area contributed by atoms with E-state index in [2.05, 4.69) is 0 Å². The van der Waals surface area contributed by atoms with Crippen LogP contribution in [0.15, 0.2) is 94.7 Å². The van der Waals surface area contributed by atoms with Crippen molar-refractivity contribution >= 4 is 23.5 Å². The maximum atomic E-state index is 12.9. The van der Waals surface area contributed by atoms with E-state index in [4.69, 9.17) is 4.74 Å². The number of carbonyl (C=O) groups excluding carboxylic acids is 2. The Morgan fingerprint density at radius 1 is 0.815 bits per heavy atom. The largest absolute Gasteiger partial charge is 0.465 e. The van der Waals surface area contributed by atoms with Gasteiger partial charge in [0.2, 0.25) is 0 Å². The van der Waals surface area contributed by atoms with Crippen molar-refractivity contribution in [2.75, 3.05) is 6.61 Å². The van der Waals surface area contributed by atoms with Crippen molar-refractivity contribution in [3.05, 3.63) is 96.1 Å². The van der Waals surface area contributed by atoms with E-state index in [1.807, 2.05) is 60.7 Å². The van der Waals surface area contributed by atoms with Gasteiger partial charge in [-0.15, -0.1) is 0 Å². The highest BCUT2D eigenvalue weighted by atomic mass is 32.2. The van der Waals surface area contributed by atoms with Gasteiger partial charge in [-0.2, -0.15) is 0 Å². The summed E-state index contributed by atoms with van der Waals surface area (Å²) in [6.07, 6.45) is 0. The molecule has 0 N–H and O–H groups in total. The van der Waals surface area contributed by atoms with Crippen molar-refractivity contribution in [2.24, 2.45) is 0 Å². The van der Waals surface area contributed by atoms with E-state index < -0.39 is 11.9 Å². The number of hydrogen-bond donors (Lipinski definition) is 0. The highest BCUT2D eigenvalue weighted by Gasteiger charge is 2.30. The first-order chi connectivity index (χ1) is 13.2. The minimum Gasteiger partial charge on any atom is -0.465 e. The number of carbonyl (C=O) groups is 2. The molecule has 0 aromatic heterocycles. The third-order valence-corrected chi connectivity index (χ3v) is 5.05. The van der Waals surface area contributed by atoms with Crippen LogP contribution in [-0.2, 0) is 9.53 Å². The molecule has 0 aliphatic rings. The van der Waals surface area contributed by atoms with Gasteiger partial charge in [0.1, 0.15) is 5.92 Å². The van der Waals surface area contributed by atoms with Gasteiger partial charge in [-0.1, -0.05) is 72.4 Å². The number of ketones is 1. The van der Waals surface area contributed by atoms with Crippen molar-refractivity contribution in [3.63, 3.8) is 0 Å². The third kappa shape index (κ3) is 4.86. The maximum Gasteiger partial charge on any atom is 0.321 e. The van der Waals surface area contributed by atoms with E-state index in [0.29, 0.717) is 11.1 Å². The summed E-state index contributed by atoms with van der Waals surface area (Å²) < 4.78 is 5.16. The van der Waals surface area contributed by atoms with Crippen molar-refractivity contribution in [1.29, 1.82) is 0 Å². The Kier molecular flexibility index (Phi) is 6.44. The standard InChI is InChI=1S/C23H20O3S/c1-2-26-23(25)21(22(24)18-9-5-3-6-10-18)17-13-15-20(16-14-17)27-19-11-7-4-8-12-19/h3-16,21H,2H2,1H3. The average Bonchev–Trinajstić information content (AvgIpc) is 2.71. The first kappa shape index (κ1) is 18.9. The molecular formula is C23H20O3S. The van der Waals surface area contributed by atoms with E-state index in [-0.39, 0.29) is 12.4 Å². The van der Waals surface area contributed by atoms with Gasteiger partial charge in [0.25, 0.3) is 0 Å². The molecule has 0 aliphatic carbocycles. The number of ether oxygens (including phenoxy) is 1. The fourth-order valence-electron chi connectivity index (χ4n) is 2.74. The normalized spacial score (nSPS) is 11.6. The summed E-state index contributed by atoms with van der Waals surface area (Å²) in [6, 6.07) is 26.4. The second kappa shape index (κ2) is 9.19. The van der Waals surface area contributed by atoms with Gasteiger partial charge in [-0.05, 0) is 36.8 Å². The van der Waals surface area contributed by atoms with Crippen molar-refractivity contribution in [1.82, 2.24) is 0 Å². The van der Waals surface area contributed by atoms with Gasteiger partial charge in [0.15, 0.2) is 5.78 Å². The highest BCUT2D eigenvalue weighted by Crippen LogP contribution is 2.30. The van der Waals surface area contributed by atoms with Gasteiger partial charge >= 0.3 is 5.97 Å². The number of Topliss-reactive ketones (excluding diaryl/α,β-unsaturated/α-hetero) is 1. The molecular weight excluding hydrogens is 356 g/mol. The zero-order valence-electron chi connectivity index (χ0n) is 15.0. The van der Waals surface area contributed by atoms with Gasteiger partial charge in [-0.25, -0.2) is 0 Å². The van der Waals surface area contributed by atoms with Crippen LogP contribution in [0.1, 0.15) is 28.8 Å². The molecule has 4 heteroatoms. The van der Waals surface area contributed by atoms with E-state index in [0.717, 1.165) is 9.79 Å². The molecule has 0 bridgehead atoms. The first-order valence-electron chi connectivity index (χ1n) is 8.78. The molecule has 0 heterocycles. The number of rotatable bonds is 7. The van der Waals surface area contributed by atoms with Crippen LogP contribution in [0.5, 0.6) is 0 Å². The molecule has 3 aromatic carbocycles. The molecule has 0 amide bonds. The molecule has 27 heavy (non-hydrogen) atoms. The van der Waals surface area contributed by atoms with Crippen LogP contribution in [0.4, 0.5) is 0 Å². The monoisotopic (exact) mass is 376 g/mol. The molecule has 3 aromatic rings. The minimum absolute atomic E-state index is 0.235. The number of hydrogen-bond acceptors (Lipinski definition) is 4. The molecule has 136 valence electrons. The van der Waals surface area contributed by atoms with Crippen LogP contribution in [-0.4, -0.2) is 18.4 Å². The molecule has 0 spiro atoms. The zero-order valence-corrected chi connectivity index (χ0v) is 15.8. The summed E-state index contributed by atoms with van der Waals surface area (Å²) in [4.78, 5) is 27.6. The lowest BCUT2D eigenvalue weighted by Gasteiger charge is -2.15. The van der Waals surface area contributed by atoms with Crippen molar-refractivity contribution < 1.29 is 14.3 Å². The Morgan fingerprint density at radius 3 is 1.96 bits per heavy atom. The quantitative estimate of drug-likeness (QED) is 0.316. The molecule has 3 rings (SSSR count). The molecule has 0 saturated carbocycles. The molecule has 0 saturated heterocycles. The van der Waals surface area contributed by atoms with Crippen LogP contribution in [0.2, 0.25) is 0 Å². The summed E-state index contributed by atoms with van der Waals surface area (Å²) in [5, 5.41) is 0. The second-order valence-corrected chi connectivity index (χ2v) is 7.05. The fourth-order valence-corrected chi connectivity index (χ4v) is 3.58. The lowest BCUT2D eigenvalue weighted by molar-refractivity contribution is -0.143. The van der Waals surface area contributed by atoms with Crippen LogP contribution in [0, 0.1) is 0 Å². The summed E-state index contributed by atoms with van der Waals surface area (Å²) in [7, 11) is 0. The molecule has 0 fully saturated rings. The maximum absolute atomic E-state index is 12.9. The predicted molar refractivity (Wildman–Crippen MR) is 107 cm³/mol. The lowest BCUT2D eigenvalue weighted by Crippen LogP contribution is -2.24. The molecule has 0 aliphatic heterocycles. The molecule has 3 nitrogen and oxygen atoms in total. The Bertz CT molecular complexity index is 890. The SMILES string of the molecule is CCOC(=O)C(C(=O)c1ccccc1)c1ccc(Sc2ccccc2)cc1. The topological polar surface area (TPSA) is 43.4 Å². The van der Waals surface area contributed by atoms with Crippen molar-refractivity contribution in [3.8, 4) is 0 Å². The van der Waals surface area contributed by atoms with Crippen LogP contribution in [0.25, 0.3) is 0 Å². The Morgan fingerprint density at radius 2 is 1.37 bits per heavy atom. The van der Waals surface area contributed by atoms with Gasteiger partial charge in [0, 0.05) is 15.4 Å². The fraction of sp³-hybridized carbons (Fsp3) is 0.130. The second-order valence-electron chi connectivity index (χ2n) is 5.90. The molecule has 1 atom stereocenters. The van der Waals surface area contributed by atoms with E-state index >= 15 is 0 Å². The van der Waals surface area contributed by atoms with E-state index in [1.165, 1.54) is 0 Å². The summed E-state index contributed by atoms with van der Waals surface area (Å²) in [5.74, 6) is -1.73. The van der Waals surface area contributed by atoms with E-state index in [9.17, 15) is 9.59 Å². The number of esters is 1. The van der Waals surface area contributed by atoms with Crippen LogP contribution < -0.4 is 0 Å². The smallest absolute Gasteiger partial charge is 0.321 e. The minimum atomic E-state index is -0.955. The summed E-state index contributed by atoms with van der Waals surface area (Å²) >= 11 is 1.63. The third-order valence-electron chi connectivity index (χ3n) is 4.04. The highest BCUT2D eigenvalue weighted by molar-refractivity contribution is 7.99.